The van der Waals surface area contributed by atoms with Crippen LogP contribution < -0.4 is 5.32 Å². The number of aromatic nitrogens is 1. The number of nitrogens with one attached hydrogen (secondary N) is 1. The lowest BCUT2D eigenvalue weighted by molar-refractivity contribution is 0.0690. The fourth-order valence-electron chi connectivity index (χ4n) is 1.62. The Balaban J connectivity index is 2.10. The Kier molecular flexibility index (Phi) is 3.87. The lowest BCUT2D eigenvalue weighted by atomic mass is 10.1. The molecule has 0 aliphatic carbocycles. The van der Waals surface area contributed by atoms with Crippen molar-refractivity contribution in [1.29, 1.82) is 0 Å². The predicted molar refractivity (Wildman–Crippen MR) is 68.8 cm³/mol. The van der Waals surface area contributed by atoms with Crippen molar-refractivity contribution in [3.8, 4) is 0 Å². The monoisotopic (exact) mass is 256 g/mol. The predicted octanol–water partition coefficient (Wildman–Crippen LogP) is 1.71. The number of carboxylic acids is 1. The van der Waals surface area contributed by atoms with E-state index in [1.807, 2.05) is 30.3 Å². The number of rotatable bonds is 4. The van der Waals surface area contributed by atoms with Crippen molar-refractivity contribution >= 4 is 11.9 Å². The molecule has 1 aromatic carbocycles. The molecule has 0 spiro atoms. The number of nitrogens with zero attached hydrogens (tertiary/aromatic N) is 1. The maximum atomic E-state index is 11.9. The van der Waals surface area contributed by atoms with Crippen molar-refractivity contribution in [2.45, 2.75) is 6.54 Å². The minimum absolute atomic E-state index is 0.0778. The zero-order valence-corrected chi connectivity index (χ0v) is 10.0. The van der Waals surface area contributed by atoms with Gasteiger partial charge in [0.2, 0.25) is 0 Å². The summed E-state index contributed by atoms with van der Waals surface area (Å²) in [6, 6.07) is 12.2. The Morgan fingerprint density at radius 3 is 2.53 bits per heavy atom. The molecule has 5 heteroatoms. The molecule has 0 atom stereocenters. The van der Waals surface area contributed by atoms with Crippen LogP contribution in [0, 0.1) is 0 Å². The summed E-state index contributed by atoms with van der Waals surface area (Å²) in [4.78, 5) is 26.7. The summed E-state index contributed by atoms with van der Waals surface area (Å²) in [5.74, 6) is -1.67. The lowest BCUT2D eigenvalue weighted by Gasteiger charge is -2.06. The van der Waals surface area contributed by atoms with Crippen molar-refractivity contribution < 1.29 is 14.7 Å². The molecule has 1 aromatic heterocycles. The van der Waals surface area contributed by atoms with Gasteiger partial charge in [-0.3, -0.25) is 9.78 Å². The third kappa shape index (κ3) is 3.16. The number of benzene rings is 1. The maximum Gasteiger partial charge on any atom is 0.338 e. The molecular weight excluding hydrogens is 244 g/mol. The Hall–Kier alpha value is -2.69. The van der Waals surface area contributed by atoms with E-state index in [-0.39, 0.29) is 11.3 Å². The molecule has 0 fully saturated rings. The summed E-state index contributed by atoms with van der Waals surface area (Å²) in [5, 5.41) is 11.6. The van der Waals surface area contributed by atoms with Gasteiger partial charge < -0.3 is 10.4 Å². The normalized spacial score (nSPS) is 9.89. The van der Waals surface area contributed by atoms with Gasteiger partial charge in [-0.2, -0.15) is 0 Å². The fraction of sp³-hybridized carbons (Fsp3) is 0.0714. The Morgan fingerprint density at radius 1 is 1.11 bits per heavy atom. The van der Waals surface area contributed by atoms with Crippen LogP contribution in [-0.2, 0) is 6.54 Å². The number of carbonyl (C=O) groups excluding carboxylic acids is 1. The van der Waals surface area contributed by atoms with Gasteiger partial charge in [-0.25, -0.2) is 4.79 Å². The van der Waals surface area contributed by atoms with Crippen molar-refractivity contribution in [1.82, 2.24) is 10.3 Å². The highest BCUT2D eigenvalue weighted by Crippen LogP contribution is 2.06. The van der Waals surface area contributed by atoms with Gasteiger partial charge in [0.25, 0.3) is 5.91 Å². The topological polar surface area (TPSA) is 79.3 Å². The average molecular weight is 256 g/mol. The van der Waals surface area contributed by atoms with E-state index in [9.17, 15) is 9.59 Å². The fourth-order valence-corrected chi connectivity index (χ4v) is 1.62. The van der Waals surface area contributed by atoms with Crippen LogP contribution in [0.1, 0.15) is 26.4 Å². The number of carbonyl (C=O) groups is 2. The molecule has 1 amide bonds. The van der Waals surface area contributed by atoms with Gasteiger partial charge in [0.05, 0.1) is 5.56 Å². The molecule has 1 heterocycles. The third-order valence-corrected chi connectivity index (χ3v) is 2.55. The number of aromatic carboxylic acids is 1. The molecule has 2 N–H and O–H groups in total. The first-order valence-electron chi connectivity index (χ1n) is 5.69. The number of pyridine rings is 1. The highest BCUT2D eigenvalue weighted by Gasteiger charge is 2.16. The van der Waals surface area contributed by atoms with Crippen LogP contribution in [-0.4, -0.2) is 22.0 Å². The molecule has 0 saturated heterocycles. The van der Waals surface area contributed by atoms with E-state index in [4.69, 9.17) is 5.11 Å². The van der Waals surface area contributed by atoms with Gasteiger partial charge in [0, 0.05) is 12.7 Å². The highest BCUT2D eigenvalue weighted by atomic mass is 16.4. The van der Waals surface area contributed by atoms with Crippen LogP contribution in [0.15, 0.2) is 48.7 Å². The molecule has 19 heavy (non-hydrogen) atoms. The quantitative estimate of drug-likeness (QED) is 0.872. The molecular formula is C14H12N2O3. The van der Waals surface area contributed by atoms with Crippen molar-refractivity contribution in [3.63, 3.8) is 0 Å². The van der Waals surface area contributed by atoms with E-state index >= 15 is 0 Å². The van der Waals surface area contributed by atoms with Crippen molar-refractivity contribution in [2.24, 2.45) is 0 Å². The Bertz CT molecular complexity index is 597. The Morgan fingerprint density at radius 2 is 1.84 bits per heavy atom. The molecule has 2 rings (SSSR count). The number of carboxylic acid groups (broad SMARTS) is 1. The van der Waals surface area contributed by atoms with Gasteiger partial charge >= 0.3 is 5.97 Å². The summed E-state index contributed by atoms with van der Waals surface area (Å²) in [6.07, 6.45) is 1.39. The minimum Gasteiger partial charge on any atom is -0.478 e. The number of hydrogen-bond donors (Lipinski definition) is 2. The van der Waals surface area contributed by atoms with Crippen LogP contribution in [0.25, 0.3) is 0 Å². The van der Waals surface area contributed by atoms with E-state index in [0.717, 1.165) is 5.56 Å². The van der Waals surface area contributed by atoms with Crippen LogP contribution in [0.4, 0.5) is 0 Å². The lowest BCUT2D eigenvalue weighted by Crippen LogP contribution is -2.26. The average Bonchev–Trinajstić information content (AvgIpc) is 2.46. The van der Waals surface area contributed by atoms with E-state index in [2.05, 4.69) is 10.3 Å². The Labute approximate surface area is 109 Å². The minimum atomic E-state index is -1.17. The van der Waals surface area contributed by atoms with E-state index < -0.39 is 11.9 Å². The van der Waals surface area contributed by atoms with E-state index in [1.54, 1.807) is 0 Å². The molecule has 2 aromatic rings. The van der Waals surface area contributed by atoms with Crippen LogP contribution in [0.3, 0.4) is 0 Å². The molecule has 0 bridgehead atoms. The summed E-state index contributed by atoms with van der Waals surface area (Å²) >= 11 is 0. The SMILES string of the molecule is O=C(O)c1cccnc1C(=O)NCc1ccccc1. The van der Waals surface area contributed by atoms with E-state index in [0.29, 0.717) is 6.54 Å². The smallest absolute Gasteiger partial charge is 0.338 e. The third-order valence-electron chi connectivity index (χ3n) is 2.55. The summed E-state index contributed by atoms with van der Waals surface area (Å²) < 4.78 is 0. The van der Waals surface area contributed by atoms with Gasteiger partial charge in [0.15, 0.2) is 0 Å². The summed E-state index contributed by atoms with van der Waals surface area (Å²) in [5.41, 5.74) is 0.752. The molecule has 0 saturated carbocycles. The first-order chi connectivity index (χ1) is 9.18. The van der Waals surface area contributed by atoms with Gasteiger partial charge in [-0.1, -0.05) is 30.3 Å². The van der Waals surface area contributed by atoms with Crippen LogP contribution in [0.2, 0.25) is 0 Å². The number of hydrogen-bond acceptors (Lipinski definition) is 3. The van der Waals surface area contributed by atoms with Crippen molar-refractivity contribution in [2.75, 3.05) is 0 Å². The van der Waals surface area contributed by atoms with Crippen molar-refractivity contribution in [3.05, 3.63) is 65.5 Å². The molecule has 5 nitrogen and oxygen atoms in total. The second-order valence-electron chi connectivity index (χ2n) is 3.87. The summed E-state index contributed by atoms with van der Waals surface area (Å²) in [6.45, 7) is 0.329. The van der Waals surface area contributed by atoms with Crippen LogP contribution >= 0.6 is 0 Å². The molecule has 0 unspecified atom stereocenters. The largest absolute Gasteiger partial charge is 0.478 e. The van der Waals surface area contributed by atoms with Gasteiger partial charge in [0.1, 0.15) is 5.69 Å². The van der Waals surface area contributed by atoms with Gasteiger partial charge in [-0.15, -0.1) is 0 Å². The standard InChI is InChI=1S/C14H12N2O3/c17-13(16-9-10-5-2-1-3-6-10)12-11(14(18)19)7-4-8-15-12/h1-8H,9H2,(H,16,17)(H,18,19). The zero-order chi connectivity index (χ0) is 13.7. The first kappa shape index (κ1) is 12.8. The number of amides is 1. The molecule has 0 radical (unpaired) electrons. The first-order valence-corrected chi connectivity index (χ1v) is 5.69. The summed E-state index contributed by atoms with van der Waals surface area (Å²) in [7, 11) is 0. The van der Waals surface area contributed by atoms with E-state index in [1.165, 1.54) is 18.3 Å². The van der Waals surface area contributed by atoms with Crippen LogP contribution in [0.5, 0.6) is 0 Å². The second kappa shape index (κ2) is 5.77. The highest BCUT2D eigenvalue weighted by molar-refractivity contribution is 6.03. The molecule has 0 aliphatic rings. The molecule has 96 valence electrons. The maximum absolute atomic E-state index is 11.9. The van der Waals surface area contributed by atoms with Gasteiger partial charge in [-0.05, 0) is 17.7 Å². The second-order valence-corrected chi connectivity index (χ2v) is 3.87. The zero-order valence-electron chi connectivity index (χ0n) is 10.0. The molecule has 0 aliphatic heterocycles.